The second-order valence-corrected chi connectivity index (χ2v) is 5.31. The lowest BCUT2D eigenvalue weighted by Gasteiger charge is -2.13. The highest BCUT2D eigenvalue weighted by molar-refractivity contribution is 5.94. The van der Waals surface area contributed by atoms with Gasteiger partial charge in [0.15, 0.2) is 0 Å². The Morgan fingerprint density at radius 3 is 3.00 bits per heavy atom. The fourth-order valence-corrected chi connectivity index (χ4v) is 2.33. The van der Waals surface area contributed by atoms with Crippen LogP contribution in [0.5, 0.6) is 5.75 Å². The summed E-state index contributed by atoms with van der Waals surface area (Å²) in [7, 11) is 0. The normalized spacial score (nSPS) is 18.9. The highest BCUT2D eigenvalue weighted by atomic mass is 16.5. The number of hydrogen-bond donors (Lipinski definition) is 2. The van der Waals surface area contributed by atoms with Crippen LogP contribution in [0.3, 0.4) is 0 Å². The zero-order valence-electron chi connectivity index (χ0n) is 10.4. The summed E-state index contributed by atoms with van der Waals surface area (Å²) in [5.74, 6) is 0.900. The number of hydrogen-bond acceptors (Lipinski definition) is 3. The molecule has 1 aromatic carbocycles. The SMILES string of the molecule is NCC1(CNC(=O)c2ccc3c(c2)CCO3)CC1. The predicted octanol–water partition coefficient (Wildman–Crippen LogP) is 1.09. The Hall–Kier alpha value is -1.55. The molecule has 18 heavy (non-hydrogen) atoms. The van der Waals surface area contributed by atoms with Crippen molar-refractivity contribution in [1.29, 1.82) is 0 Å². The fraction of sp³-hybridized carbons (Fsp3) is 0.500. The second-order valence-electron chi connectivity index (χ2n) is 5.31. The van der Waals surface area contributed by atoms with E-state index < -0.39 is 0 Å². The van der Waals surface area contributed by atoms with Crippen molar-refractivity contribution in [3.63, 3.8) is 0 Å². The predicted molar refractivity (Wildman–Crippen MR) is 68.7 cm³/mol. The zero-order chi connectivity index (χ0) is 12.6. The van der Waals surface area contributed by atoms with Gasteiger partial charge in [-0.25, -0.2) is 0 Å². The van der Waals surface area contributed by atoms with Crippen LogP contribution in [0.25, 0.3) is 0 Å². The number of benzene rings is 1. The average molecular weight is 246 g/mol. The lowest BCUT2D eigenvalue weighted by atomic mass is 10.1. The number of amides is 1. The highest BCUT2D eigenvalue weighted by Gasteiger charge is 2.41. The summed E-state index contributed by atoms with van der Waals surface area (Å²) in [4.78, 5) is 12.0. The Labute approximate surface area is 107 Å². The molecule has 1 aliphatic carbocycles. The smallest absolute Gasteiger partial charge is 0.251 e. The minimum atomic E-state index is -0.00979. The van der Waals surface area contributed by atoms with Crippen molar-refractivity contribution >= 4 is 5.91 Å². The molecule has 1 saturated carbocycles. The molecule has 4 nitrogen and oxygen atoms in total. The molecule has 3 rings (SSSR count). The lowest BCUT2D eigenvalue weighted by molar-refractivity contribution is 0.0945. The lowest BCUT2D eigenvalue weighted by Crippen LogP contribution is -2.33. The van der Waals surface area contributed by atoms with Gasteiger partial charge in [0, 0.05) is 23.9 Å². The fourth-order valence-electron chi connectivity index (χ4n) is 2.33. The summed E-state index contributed by atoms with van der Waals surface area (Å²) in [5.41, 5.74) is 7.72. The maximum absolute atomic E-state index is 12.0. The molecule has 0 unspecified atom stereocenters. The van der Waals surface area contributed by atoms with Crippen molar-refractivity contribution in [2.24, 2.45) is 11.1 Å². The van der Waals surface area contributed by atoms with E-state index in [0.29, 0.717) is 18.7 Å². The van der Waals surface area contributed by atoms with Crippen molar-refractivity contribution in [2.45, 2.75) is 19.3 Å². The largest absolute Gasteiger partial charge is 0.493 e. The molecule has 0 atom stereocenters. The first kappa shape index (κ1) is 11.5. The summed E-state index contributed by atoms with van der Waals surface area (Å²) < 4.78 is 5.43. The second kappa shape index (κ2) is 4.28. The van der Waals surface area contributed by atoms with Gasteiger partial charge in [-0.05, 0) is 43.1 Å². The molecule has 2 aliphatic rings. The third-order valence-corrected chi connectivity index (χ3v) is 3.97. The number of nitrogens with two attached hydrogens (primary N) is 1. The topological polar surface area (TPSA) is 64.3 Å². The maximum atomic E-state index is 12.0. The van der Waals surface area contributed by atoms with Gasteiger partial charge < -0.3 is 15.8 Å². The summed E-state index contributed by atoms with van der Waals surface area (Å²) in [5, 5.41) is 2.98. The molecule has 1 amide bonds. The molecule has 0 spiro atoms. The van der Waals surface area contributed by atoms with Crippen LogP contribution in [0.4, 0.5) is 0 Å². The van der Waals surface area contributed by atoms with Crippen LogP contribution in [-0.4, -0.2) is 25.6 Å². The van der Waals surface area contributed by atoms with Crippen LogP contribution >= 0.6 is 0 Å². The summed E-state index contributed by atoms with van der Waals surface area (Å²) >= 11 is 0. The molecule has 0 saturated heterocycles. The van der Waals surface area contributed by atoms with Crippen molar-refractivity contribution in [1.82, 2.24) is 5.32 Å². The van der Waals surface area contributed by atoms with E-state index in [2.05, 4.69) is 5.32 Å². The number of ether oxygens (including phenoxy) is 1. The minimum absolute atomic E-state index is 0.00979. The third-order valence-electron chi connectivity index (χ3n) is 3.97. The molecule has 1 fully saturated rings. The first-order chi connectivity index (χ1) is 8.72. The van der Waals surface area contributed by atoms with Crippen LogP contribution in [-0.2, 0) is 6.42 Å². The van der Waals surface area contributed by atoms with Crippen LogP contribution in [0.2, 0.25) is 0 Å². The van der Waals surface area contributed by atoms with Crippen molar-refractivity contribution in [3.05, 3.63) is 29.3 Å². The number of carbonyl (C=O) groups is 1. The van der Waals surface area contributed by atoms with E-state index in [1.807, 2.05) is 18.2 Å². The van der Waals surface area contributed by atoms with Crippen molar-refractivity contribution in [3.8, 4) is 5.75 Å². The van der Waals surface area contributed by atoms with Crippen molar-refractivity contribution < 1.29 is 9.53 Å². The molecule has 1 heterocycles. The molecule has 0 radical (unpaired) electrons. The van der Waals surface area contributed by atoms with E-state index in [1.54, 1.807) is 0 Å². The number of rotatable bonds is 4. The molecule has 3 N–H and O–H groups in total. The molecule has 1 aromatic rings. The molecular weight excluding hydrogens is 228 g/mol. The van der Waals surface area contributed by atoms with E-state index >= 15 is 0 Å². The van der Waals surface area contributed by atoms with E-state index in [-0.39, 0.29) is 11.3 Å². The van der Waals surface area contributed by atoms with Gasteiger partial charge in [0.2, 0.25) is 0 Å². The van der Waals surface area contributed by atoms with Crippen LogP contribution < -0.4 is 15.8 Å². The molecular formula is C14H18N2O2. The molecule has 0 bridgehead atoms. The summed E-state index contributed by atoms with van der Waals surface area (Å²) in [6, 6.07) is 5.63. The number of carbonyl (C=O) groups excluding carboxylic acids is 1. The monoisotopic (exact) mass is 246 g/mol. The number of fused-ring (bicyclic) bond motifs is 1. The molecule has 1 aliphatic heterocycles. The maximum Gasteiger partial charge on any atom is 0.251 e. The molecule has 0 aromatic heterocycles. The Kier molecular flexibility index (Phi) is 2.74. The van der Waals surface area contributed by atoms with Crippen molar-refractivity contribution in [2.75, 3.05) is 19.7 Å². The Morgan fingerprint density at radius 2 is 2.28 bits per heavy atom. The quantitative estimate of drug-likeness (QED) is 0.836. The Morgan fingerprint density at radius 1 is 1.44 bits per heavy atom. The first-order valence-electron chi connectivity index (χ1n) is 6.46. The van der Waals surface area contributed by atoms with Gasteiger partial charge in [0.05, 0.1) is 6.61 Å². The third kappa shape index (κ3) is 2.08. The summed E-state index contributed by atoms with van der Waals surface area (Å²) in [6.45, 7) is 2.07. The minimum Gasteiger partial charge on any atom is -0.493 e. The highest BCUT2D eigenvalue weighted by Crippen LogP contribution is 2.43. The average Bonchev–Trinajstić information content (AvgIpc) is 3.04. The van der Waals surface area contributed by atoms with Gasteiger partial charge in [0.25, 0.3) is 5.91 Å². The van der Waals surface area contributed by atoms with Gasteiger partial charge in [-0.3, -0.25) is 4.79 Å². The Balaban J connectivity index is 1.65. The molecule has 96 valence electrons. The summed E-state index contributed by atoms with van der Waals surface area (Å²) in [6.07, 6.45) is 3.15. The van der Waals surface area contributed by atoms with E-state index in [4.69, 9.17) is 10.5 Å². The first-order valence-corrected chi connectivity index (χ1v) is 6.46. The van der Waals surface area contributed by atoms with Crippen LogP contribution in [0, 0.1) is 5.41 Å². The van der Waals surface area contributed by atoms with Gasteiger partial charge >= 0.3 is 0 Å². The van der Waals surface area contributed by atoms with Gasteiger partial charge in [-0.15, -0.1) is 0 Å². The van der Waals surface area contributed by atoms with Crippen LogP contribution in [0.1, 0.15) is 28.8 Å². The Bertz CT molecular complexity index is 481. The van der Waals surface area contributed by atoms with E-state index in [0.717, 1.165) is 37.2 Å². The standard InChI is InChI=1S/C14H18N2O2/c15-8-14(4-5-14)9-16-13(17)11-1-2-12-10(7-11)3-6-18-12/h1-2,7H,3-6,8-9,15H2,(H,16,17). The molecule has 4 heteroatoms. The van der Waals surface area contributed by atoms with Gasteiger partial charge in [-0.1, -0.05) is 0 Å². The zero-order valence-corrected chi connectivity index (χ0v) is 10.4. The number of nitrogens with one attached hydrogen (secondary N) is 1. The van der Waals surface area contributed by atoms with E-state index in [1.165, 1.54) is 0 Å². The van der Waals surface area contributed by atoms with Crippen LogP contribution in [0.15, 0.2) is 18.2 Å². The van der Waals surface area contributed by atoms with Gasteiger partial charge in [0.1, 0.15) is 5.75 Å². The van der Waals surface area contributed by atoms with E-state index in [9.17, 15) is 4.79 Å². The van der Waals surface area contributed by atoms with Gasteiger partial charge in [-0.2, -0.15) is 0 Å².